The van der Waals surface area contributed by atoms with Gasteiger partial charge in [0.05, 0.1) is 0 Å². The van der Waals surface area contributed by atoms with Gasteiger partial charge in [-0.2, -0.15) is 4.89 Å². The van der Waals surface area contributed by atoms with Crippen molar-refractivity contribution < 1.29 is 9.46 Å². The van der Waals surface area contributed by atoms with E-state index in [0.717, 1.165) is 32.1 Å². The summed E-state index contributed by atoms with van der Waals surface area (Å²) in [5, 5.41) is 0. The van der Waals surface area contributed by atoms with E-state index < -0.39 is 8.03 Å². The van der Waals surface area contributed by atoms with Crippen LogP contribution < -0.4 is 0 Å². The standard InChI is InChI=1S/C8H17O2P.Al.3H/c1-3-5-7-8(6-4-2)11(9)10;;;;/h8H,3-7H2,1-2H3;;;;/p+1. The van der Waals surface area contributed by atoms with E-state index in [-0.39, 0.29) is 23.0 Å². The van der Waals surface area contributed by atoms with Gasteiger partial charge in [-0.3, -0.25) is 0 Å². The maximum atomic E-state index is 10.7. The molecule has 0 aliphatic rings. The maximum Gasteiger partial charge on any atom is 0.508 e. The monoisotopic (exact) mass is 207 g/mol. The Hall–Kier alpha value is 0.592. The lowest BCUT2D eigenvalue weighted by atomic mass is 10.1. The van der Waals surface area contributed by atoms with Crippen LogP contribution in [0.25, 0.3) is 0 Å². The molecule has 0 saturated carbocycles. The third-order valence-corrected chi connectivity index (χ3v) is 2.97. The Morgan fingerprint density at radius 1 is 1.25 bits per heavy atom. The Balaban J connectivity index is 0. The molecule has 0 amide bonds. The Bertz CT molecular complexity index is 120. The minimum atomic E-state index is -1.93. The van der Waals surface area contributed by atoms with Gasteiger partial charge in [-0.15, -0.1) is 0 Å². The van der Waals surface area contributed by atoms with Crippen LogP contribution in [0.2, 0.25) is 0 Å². The zero-order valence-electron chi connectivity index (χ0n) is 7.42. The lowest BCUT2D eigenvalue weighted by Crippen LogP contribution is -2.00. The summed E-state index contributed by atoms with van der Waals surface area (Å²) < 4.78 is 10.7. The van der Waals surface area contributed by atoms with E-state index in [2.05, 4.69) is 13.8 Å². The van der Waals surface area contributed by atoms with Crippen LogP contribution in [-0.4, -0.2) is 27.9 Å². The third-order valence-electron chi connectivity index (χ3n) is 1.83. The molecule has 0 aromatic heterocycles. The average Bonchev–Trinajstić information content (AvgIpc) is 1.97. The smallest absolute Gasteiger partial charge is 0.161 e. The van der Waals surface area contributed by atoms with Crippen LogP contribution in [0.5, 0.6) is 0 Å². The first-order valence-corrected chi connectivity index (χ1v) is 5.65. The molecule has 12 heavy (non-hydrogen) atoms. The van der Waals surface area contributed by atoms with Crippen molar-refractivity contribution in [3.05, 3.63) is 0 Å². The molecule has 0 aliphatic heterocycles. The van der Waals surface area contributed by atoms with E-state index in [0.29, 0.717) is 0 Å². The molecule has 0 spiro atoms. The second-order valence-corrected chi connectivity index (χ2v) is 4.22. The maximum absolute atomic E-state index is 10.7. The molecule has 1 N–H and O–H groups in total. The molecule has 0 rings (SSSR count). The highest BCUT2D eigenvalue weighted by Crippen LogP contribution is 2.30. The van der Waals surface area contributed by atoms with Gasteiger partial charge in [0, 0.05) is 0 Å². The van der Waals surface area contributed by atoms with Gasteiger partial charge < -0.3 is 0 Å². The fourth-order valence-corrected chi connectivity index (χ4v) is 2.02. The van der Waals surface area contributed by atoms with Crippen molar-refractivity contribution in [2.45, 2.75) is 51.6 Å². The van der Waals surface area contributed by atoms with Crippen LogP contribution in [0.15, 0.2) is 0 Å². The summed E-state index contributed by atoms with van der Waals surface area (Å²) in [6.45, 7) is 4.16. The van der Waals surface area contributed by atoms with Gasteiger partial charge in [-0.25, -0.2) is 0 Å². The summed E-state index contributed by atoms with van der Waals surface area (Å²) in [5.74, 6) is 0. The predicted octanol–water partition coefficient (Wildman–Crippen LogP) is 1.90. The Morgan fingerprint density at radius 3 is 2.17 bits per heavy atom. The highest BCUT2D eigenvalue weighted by atomic mass is 31.1. The van der Waals surface area contributed by atoms with Gasteiger partial charge in [0.2, 0.25) is 0 Å². The fraction of sp³-hybridized carbons (Fsp3) is 1.00. The van der Waals surface area contributed by atoms with Crippen molar-refractivity contribution >= 4 is 25.4 Å². The highest BCUT2D eigenvalue weighted by Gasteiger charge is 2.26. The first-order chi connectivity index (χ1) is 5.22. The lowest BCUT2D eigenvalue weighted by molar-refractivity contribution is 0.472. The number of hydrogen-bond acceptors (Lipinski definition) is 1. The molecule has 2 nitrogen and oxygen atoms in total. The third kappa shape index (κ3) is 7.25. The summed E-state index contributed by atoms with van der Waals surface area (Å²) in [5.41, 5.74) is 0.0509. The summed E-state index contributed by atoms with van der Waals surface area (Å²) >= 11 is 0. The first kappa shape index (κ1) is 15.1. The second kappa shape index (κ2) is 9.68. The van der Waals surface area contributed by atoms with E-state index in [1.165, 1.54) is 0 Å². The van der Waals surface area contributed by atoms with E-state index in [1.807, 2.05) is 0 Å². The van der Waals surface area contributed by atoms with E-state index >= 15 is 0 Å². The van der Waals surface area contributed by atoms with Crippen molar-refractivity contribution in [2.75, 3.05) is 0 Å². The van der Waals surface area contributed by atoms with Gasteiger partial charge in [0.15, 0.2) is 23.0 Å². The quantitative estimate of drug-likeness (QED) is 0.533. The number of unbranched alkanes of at least 4 members (excludes halogenated alkanes) is 1. The Morgan fingerprint density at radius 2 is 1.83 bits per heavy atom. The zero-order valence-corrected chi connectivity index (χ0v) is 8.31. The molecule has 0 saturated heterocycles. The van der Waals surface area contributed by atoms with Crippen LogP contribution in [0.3, 0.4) is 0 Å². The summed E-state index contributed by atoms with van der Waals surface area (Å²) in [4.78, 5) is 8.88. The highest BCUT2D eigenvalue weighted by molar-refractivity contribution is 7.38. The van der Waals surface area contributed by atoms with Crippen LogP contribution in [0.1, 0.15) is 46.0 Å². The van der Waals surface area contributed by atoms with Crippen molar-refractivity contribution in [1.82, 2.24) is 0 Å². The minimum absolute atomic E-state index is 0. The summed E-state index contributed by atoms with van der Waals surface area (Å²) in [6.07, 6.45) is 5.01. The van der Waals surface area contributed by atoms with Crippen molar-refractivity contribution in [1.29, 1.82) is 0 Å². The molecule has 72 valence electrons. The molecule has 0 heterocycles. The SMILES string of the molecule is CCCCC(CCC)[P+](=O)O.[AlH3]. The molecule has 2 unspecified atom stereocenters. The molecule has 0 aromatic rings. The topological polar surface area (TPSA) is 37.3 Å². The van der Waals surface area contributed by atoms with Gasteiger partial charge in [0.25, 0.3) is 0 Å². The lowest BCUT2D eigenvalue weighted by Gasteiger charge is -2.00. The largest absolute Gasteiger partial charge is 0.508 e. The Labute approximate surface area is 86.8 Å². The molecule has 2 atom stereocenters. The van der Waals surface area contributed by atoms with Crippen LogP contribution in [0.4, 0.5) is 0 Å². The van der Waals surface area contributed by atoms with E-state index in [9.17, 15) is 4.57 Å². The molecule has 4 heteroatoms. The summed E-state index contributed by atoms with van der Waals surface area (Å²) in [7, 11) is -1.93. The molecule has 0 fully saturated rings. The van der Waals surface area contributed by atoms with Crippen LogP contribution >= 0.6 is 8.03 Å². The van der Waals surface area contributed by atoms with Crippen molar-refractivity contribution in [3.63, 3.8) is 0 Å². The molecule has 0 radical (unpaired) electrons. The second-order valence-electron chi connectivity index (χ2n) is 2.89. The van der Waals surface area contributed by atoms with E-state index in [4.69, 9.17) is 4.89 Å². The van der Waals surface area contributed by atoms with Crippen molar-refractivity contribution in [3.8, 4) is 0 Å². The molecular formula is C8H21AlO2P+. The molecule has 0 bridgehead atoms. The van der Waals surface area contributed by atoms with Gasteiger partial charge in [0.1, 0.15) is 0 Å². The van der Waals surface area contributed by atoms with Gasteiger partial charge in [-0.05, 0) is 23.8 Å². The average molecular weight is 207 g/mol. The fourth-order valence-electron chi connectivity index (χ4n) is 1.14. The van der Waals surface area contributed by atoms with Gasteiger partial charge in [-0.1, -0.05) is 26.7 Å². The normalized spacial score (nSPS) is 13.4. The number of rotatable bonds is 6. The zero-order chi connectivity index (χ0) is 8.69. The molecule has 0 aliphatic carbocycles. The van der Waals surface area contributed by atoms with Gasteiger partial charge >= 0.3 is 8.03 Å². The van der Waals surface area contributed by atoms with Crippen molar-refractivity contribution in [2.24, 2.45) is 0 Å². The Kier molecular flexibility index (Phi) is 12.2. The van der Waals surface area contributed by atoms with Crippen LogP contribution in [0, 0.1) is 0 Å². The first-order valence-electron chi connectivity index (χ1n) is 4.37. The minimum Gasteiger partial charge on any atom is -0.161 e. The number of hydrogen-bond donors (Lipinski definition) is 1. The predicted molar refractivity (Wildman–Crippen MR) is 58.0 cm³/mol. The molecule has 0 aromatic carbocycles. The summed E-state index contributed by atoms with van der Waals surface area (Å²) in [6, 6.07) is 0. The van der Waals surface area contributed by atoms with Crippen LogP contribution in [-0.2, 0) is 4.57 Å². The molecular weight excluding hydrogens is 186 g/mol. The van der Waals surface area contributed by atoms with E-state index in [1.54, 1.807) is 0 Å².